The van der Waals surface area contributed by atoms with E-state index < -0.39 is 0 Å². The predicted octanol–water partition coefficient (Wildman–Crippen LogP) is 0.149. The molecule has 68 valence electrons. The molecule has 5 heteroatoms. The van der Waals surface area contributed by atoms with Crippen molar-refractivity contribution in [1.29, 1.82) is 0 Å². The van der Waals surface area contributed by atoms with Crippen molar-refractivity contribution in [2.75, 3.05) is 0 Å². The molecule has 5 nitrogen and oxygen atoms in total. The Kier molecular flexibility index (Phi) is 3.16. The van der Waals surface area contributed by atoms with Crippen molar-refractivity contribution < 1.29 is 5.11 Å². The number of aromatic amines is 1. The second-order valence-electron chi connectivity index (χ2n) is 3.34. The maximum atomic E-state index is 9.48. The molecule has 0 bridgehead atoms. The zero-order valence-corrected chi connectivity index (χ0v) is 7.36. The van der Waals surface area contributed by atoms with Crippen molar-refractivity contribution in [2.45, 2.75) is 32.8 Å². The normalized spacial score (nSPS) is 13.7. The fourth-order valence-electron chi connectivity index (χ4n) is 1.12. The van der Waals surface area contributed by atoms with Gasteiger partial charge in [-0.05, 0) is 22.8 Å². The number of hydrogen-bond donors (Lipinski definition) is 2. The Morgan fingerprint density at radius 3 is 2.75 bits per heavy atom. The second-order valence-corrected chi connectivity index (χ2v) is 3.34. The highest BCUT2D eigenvalue weighted by Gasteiger charge is 2.09. The fourth-order valence-corrected chi connectivity index (χ4v) is 1.12. The summed E-state index contributed by atoms with van der Waals surface area (Å²) in [5.74, 6) is 1.14. The molecule has 1 atom stereocenters. The summed E-state index contributed by atoms with van der Waals surface area (Å²) in [7, 11) is 0. The maximum Gasteiger partial charge on any atom is 0.151 e. The molecule has 0 radical (unpaired) electrons. The number of aromatic nitrogens is 4. The van der Waals surface area contributed by atoms with E-state index in [0.29, 0.717) is 18.2 Å². The summed E-state index contributed by atoms with van der Waals surface area (Å²) in [5.41, 5.74) is 0. The Balaban J connectivity index is 2.32. The fraction of sp³-hybridized carbons (Fsp3) is 0.857. The topological polar surface area (TPSA) is 74.7 Å². The Morgan fingerprint density at radius 2 is 2.25 bits per heavy atom. The van der Waals surface area contributed by atoms with E-state index in [9.17, 15) is 5.11 Å². The lowest BCUT2D eigenvalue weighted by atomic mass is 10.0. The molecule has 1 rings (SSSR count). The van der Waals surface area contributed by atoms with Gasteiger partial charge in [0.15, 0.2) is 5.82 Å². The van der Waals surface area contributed by atoms with Gasteiger partial charge in [0.2, 0.25) is 0 Å². The number of H-pyrrole nitrogens is 1. The van der Waals surface area contributed by atoms with Crippen molar-refractivity contribution in [1.82, 2.24) is 20.6 Å². The van der Waals surface area contributed by atoms with Crippen LogP contribution in [0.5, 0.6) is 0 Å². The SMILES string of the molecule is CC(C)CC(O)Cc1nnn[nH]1. The van der Waals surface area contributed by atoms with E-state index in [4.69, 9.17) is 0 Å². The van der Waals surface area contributed by atoms with Crippen LogP contribution >= 0.6 is 0 Å². The summed E-state index contributed by atoms with van der Waals surface area (Å²) < 4.78 is 0. The summed E-state index contributed by atoms with van der Waals surface area (Å²) in [4.78, 5) is 0. The number of rotatable bonds is 4. The minimum absolute atomic E-state index is 0.347. The van der Waals surface area contributed by atoms with Crippen LogP contribution in [0.4, 0.5) is 0 Å². The molecule has 0 saturated heterocycles. The third-order valence-corrected chi connectivity index (χ3v) is 1.56. The standard InChI is InChI=1S/C7H14N4O/c1-5(2)3-6(12)4-7-8-10-11-9-7/h5-6,12H,3-4H2,1-2H3,(H,8,9,10,11). The summed E-state index contributed by atoms with van der Waals surface area (Å²) in [5, 5.41) is 22.6. The van der Waals surface area contributed by atoms with E-state index in [1.54, 1.807) is 0 Å². The molecule has 0 saturated carbocycles. The van der Waals surface area contributed by atoms with Gasteiger partial charge >= 0.3 is 0 Å². The molecule has 0 fully saturated rings. The first-order valence-electron chi connectivity index (χ1n) is 4.09. The van der Waals surface area contributed by atoms with Gasteiger partial charge in [-0.3, -0.25) is 0 Å². The molecule has 0 aromatic carbocycles. The molecule has 0 aliphatic heterocycles. The molecule has 1 aromatic heterocycles. The number of aliphatic hydroxyl groups excluding tert-OH is 1. The van der Waals surface area contributed by atoms with Crippen LogP contribution in [0.15, 0.2) is 0 Å². The van der Waals surface area contributed by atoms with Gasteiger partial charge in [-0.2, -0.15) is 0 Å². The first-order valence-corrected chi connectivity index (χ1v) is 4.09. The molecule has 0 aliphatic carbocycles. The van der Waals surface area contributed by atoms with Crippen molar-refractivity contribution in [3.8, 4) is 0 Å². The lowest BCUT2D eigenvalue weighted by molar-refractivity contribution is 0.147. The highest BCUT2D eigenvalue weighted by atomic mass is 16.3. The third-order valence-electron chi connectivity index (χ3n) is 1.56. The van der Waals surface area contributed by atoms with Crippen molar-refractivity contribution in [2.24, 2.45) is 5.92 Å². The molecule has 0 amide bonds. The summed E-state index contributed by atoms with van der Waals surface area (Å²) in [6.07, 6.45) is 0.936. The van der Waals surface area contributed by atoms with Crippen LogP contribution in [0, 0.1) is 5.92 Å². The molecule has 0 spiro atoms. The third kappa shape index (κ3) is 2.96. The van der Waals surface area contributed by atoms with Crippen molar-refractivity contribution in [3.05, 3.63) is 5.82 Å². The first-order chi connectivity index (χ1) is 5.68. The summed E-state index contributed by atoms with van der Waals surface area (Å²) >= 11 is 0. The molecular weight excluding hydrogens is 156 g/mol. The van der Waals surface area contributed by atoms with Crippen molar-refractivity contribution in [3.63, 3.8) is 0 Å². The number of hydrogen-bond acceptors (Lipinski definition) is 4. The number of aliphatic hydroxyl groups is 1. The number of nitrogens with zero attached hydrogens (tertiary/aromatic N) is 3. The average Bonchev–Trinajstić information content (AvgIpc) is 2.37. The zero-order chi connectivity index (χ0) is 8.97. The lowest BCUT2D eigenvalue weighted by Crippen LogP contribution is -2.14. The largest absolute Gasteiger partial charge is 0.393 e. The molecule has 1 unspecified atom stereocenters. The number of nitrogens with one attached hydrogen (secondary N) is 1. The monoisotopic (exact) mass is 170 g/mol. The van der Waals surface area contributed by atoms with Crippen LogP contribution in [0.25, 0.3) is 0 Å². The van der Waals surface area contributed by atoms with Crippen LogP contribution in [-0.2, 0) is 6.42 Å². The van der Waals surface area contributed by atoms with E-state index in [2.05, 4.69) is 34.5 Å². The molecule has 2 N–H and O–H groups in total. The smallest absolute Gasteiger partial charge is 0.151 e. The van der Waals surface area contributed by atoms with E-state index in [-0.39, 0.29) is 6.10 Å². The van der Waals surface area contributed by atoms with Crippen LogP contribution in [0.1, 0.15) is 26.1 Å². The van der Waals surface area contributed by atoms with Crippen LogP contribution in [-0.4, -0.2) is 31.8 Å². The highest BCUT2D eigenvalue weighted by molar-refractivity contribution is 4.80. The zero-order valence-electron chi connectivity index (χ0n) is 7.36. The van der Waals surface area contributed by atoms with Crippen LogP contribution in [0.2, 0.25) is 0 Å². The minimum atomic E-state index is -0.347. The van der Waals surface area contributed by atoms with Crippen LogP contribution < -0.4 is 0 Å². The quantitative estimate of drug-likeness (QED) is 0.674. The van der Waals surface area contributed by atoms with Gasteiger partial charge in [-0.1, -0.05) is 13.8 Å². The van der Waals surface area contributed by atoms with Crippen molar-refractivity contribution >= 4 is 0 Å². The number of tetrazole rings is 1. The highest BCUT2D eigenvalue weighted by Crippen LogP contribution is 2.07. The van der Waals surface area contributed by atoms with Gasteiger partial charge in [-0.15, -0.1) is 5.10 Å². The Morgan fingerprint density at radius 1 is 1.50 bits per heavy atom. The first kappa shape index (κ1) is 9.12. The molecular formula is C7H14N4O. The Bertz CT molecular complexity index is 209. The van der Waals surface area contributed by atoms with Gasteiger partial charge < -0.3 is 5.11 Å². The van der Waals surface area contributed by atoms with Crippen LogP contribution in [0.3, 0.4) is 0 Å². The Hall–Kier alpha value is -0.970. The van der Waals surface area contributed by atoms with Gasteiger partial charge in [0, 0.05) is 6.42 Å². The summed E-state index contributed by atoms with van der Waals surface area (Å²) in [6, 6.07) is 0. The predicted molar refractivity (Wildman–Crippen MR) is 43.3 cm³/mol. The second kappa shape index (κ2) is 4.15. The Labute approximate surface area is 71.2 Å². The van der Waals surface area contributed by atoms with Gasteiger partial charge in [0.25, 0.3) is 0 Å². The molecule has 0 aliphatic rings. The average molecular weight is 170 g/mol. The molecule has 1 heterocycles. The molecule has 12 heavy (non-hydrogen) atoms. The minimum Gasteiger partial charge on any atom is -0.393 e. The maximum absolute atomic E-state index is 9.48. The van der Waals surface area contributed by atoms with E-state index in [1.165, 1.54) is 0 Å². The summed E-state index contributed by atoms with van der Waals surface area (Å²) in [6.45, 7) is 4.14. The van der Waals surface area contributed by atoms with Gasteiger partial charge in [0.05, 0.1) is 6.10 Å². The van der Waals surface area contributed by atoms with Gasteiger partial charge in [-0.25, -0.2) is 5.10 Å². The lowest BCUT2D eigenvalue weighted by Gasteiger charge is -2.10. The molecule has 1 aromatic rings. The van der Waals surface area contributed by atoms with E-state index >= 15 is 0 Å². The van der Waals surface area contributed by atoms with Gasteiger partial charge in [0.1, 0.15) is 0 Å². The van der Waals surface area contributed by atoms with E-state index in [0.717, 1.165) is 6.42 Å². The van der Waals surface area contributed by atoms with E-state index in [1.807, 2.05) is 0 Å².